The maximum absolute atomic E-state index is 14.8. The van der Waals surface area contributed by atoms with Gasteiger partial charge in [-0.15, -0.1) is 0 Å². The van der Waals surface area contributed by atoms with Crippen LogP contribution in [0, 0.1) is 0 Å². The smallest absolute Gasteiger partial charge is 0.462 e. The molecule has 0 aromatic carbocycles. The topological polar surface area (TPSA) is 289 Å². The zero-order valence-electron chi connectivity index (χ0n) is 65.6. The molecule has 0 bridgehead atoms. The Balaban J connectivity index is 3.80. The van der Waals surface area contributed by atoms with Gasteiger partial charge in [-0.2, -0.15) is 0 Å². The van der Waals surface area contributed by atoms with Crippen LogP contribution < -0.4 is 10.6 Å². The van der Waals surface area contributed by atoms with Crippen molar-refractivity contribution < 1.29 is 86.3 Å². The molecule has 0 saturated carbocycles. The molecule has 9 atom stereocenters. The highest BCUT2D eigenvalue weighted by atomic mass is 31.2. The second-order valence-electron chi connectivity index (χ2n) is 29.5. The van der Waals surface area contributed by atoms with Gasteiger partial charge in [-0.3, -0.25) is 33.3 Å². The van der Waals surface area contributed by atoms with Gasteiger partial charge in [-0.1, -0.05) is 311 Å². The number of carbonyl (C=O) groups excluding carboxylic acids is 6. The van der Waals surface area contributed by atoms with Crippen molar-refractivity contribution in [3.63, 3.8) is 0 Å². The van der Waals surface area contributed by atoms with E-state index in [4.69, 9.17) is 32.9 Å². The molecule has 600 valence electrons. The van der Waals surface area contributed by atoms with Gasteiger partial charge in [0.05, 0.1) is 45.1 Å². The molecule has 6 N–H and O–H groups in total. The summed E-state index contributed by atoms with van der Waals surface area (Å²) >= 11 is 0. The lowest BCUT2D eigenvalue weighted by Crippen LogP contribution is -2.66. The molecular formula is C81H153N2O18P. The third kappa shape index (κ3) is 55.2. The Hall–Kier alpha value is -3.23. The molecule has 1 rings (SSSR count). The molecule has 20 nitrogen and oxygen atoms in total. The predicted molar refractivity (Wildman–Crippen MR) is 406 cm³/mol. The van der Waals surface area contributed by atoms with E-state index < -0.39 is 119 Å². The molecule has 21 heteroatoms. The van der Waals surface area contributed by atoms with Crippen molar-refractivity contribution in [1.29, 1.82) is 0 Å². The van der Waals surface area contributed by atoms with E-state index >= 15 is 0 Å². The molecule has 2 amide bonds. The van der Waals surface area contributed by atoms with Crippen molar-refractivity contribution in [1.82, 2.24) is 10.6 Å². The SMILES string of the molecule is CCCCCCCCCCC[C@H](CC(=O)N[C@@H](CO)COC1O[C@H](CO)[C@@H](OP(=O)(O)O)[C@H](OC(=O)C[C@@H](CCCCCCCCCCC)OC(=O)CCCCCCCCC)[C@H]1NC(=O)C[C@@H](CCCCCCCCCCC)OC(=O)CCCCCCCCC)OC(=O)CCCCCCCCC. The Bertz CT molecular complexity index is 2080. The lowest BCUT2D eigenvalue weighted by Gasteiger charge is -2.45. The van der Waals surface area contributed by atoms with Crippen LogP contribution in [0.15, 0.2) is 0 Å². The Labute approximate surface area is 620 Å². The van der Waals surface area contributed by atoms with Crippen LogP contribution in [-0.4, -0.2) is 131 Å². The number of phosphoric ester groups is 1. The minimum absolute atomic E-state index is 0.150. The second-order valence-corrected chi connectivity index (χ2v) is 30.7. The van der Waals surface area contributed by atoms with Crippen molar-refractivity contribution >= 4 is 43.5 Å². The summed E-state index contributed by atoms with van der Waals surface area (Å²) in [5.41, 5.74) is 0. The minimum Gasteiger partial charge on any atom is -0.462 e. The van der Waals surface area contributed by atoms with Crippen molar-refractivity contribution in [2.75, 3.05) is 19.8 Å². The zero-order valence-corrected chi connectivity index (χ0v) is 66.5. The first-order valence-corrected chi connectivity index (χ1v) is 43.6. The minimum atomic E-state index is -5.51. The van der Waals surface area contributed by atoms with E-state index in [-0.39, 0.29) is 38.1 Å². The number of nitrogens with one attached hydrogen (secondary N) is 2. The Morgan fingerprint density at radius 3 is 1.01 bits per heavy atom. The molecule has 0 aromatic rings. The van der Waals surface area contributed by atoms with Crippen molar-refractivity contribution in [3.05, 3.63) is 0 Å². The first-order chi connectivity index (χ1) is 49.5. The van der Waals surface area contributed by atoms with Gasteiger partial charge in [0.15, 0.2) is 12.4 Å². The number of ether oxygens (including phenoxy) is 6. The molecule has 1 unspecified atom stereocenters. The van der Waals surface area contributed by atoms with E-state index in [1.807, 2.05) is 0 Å². The van der Waals surface area contributed by atoms with Crippen LogP contribution in [0.1, 0.15) is 408 Å². The fourth-order valence-corrected chi connectivity index (χ4v) is 14.1. The number of hydrogen-bond donors (Lipinski definition) is 6. The van der Waals surface area contributed by atoms with Gasteiger partial charge in [-0.25, -0.2) is 4.57 Å². The number of esters is 4. The molecule has 1 fully saturated rings. The van der Waals surface area contributed by atoms with Crippen LogP contribution in [0.25, 0.3) is 0 Å². The van der Waals surface area contributed by atoms with Gasteiger partial charge < -0.3 is 59.1 Å². The fraction of sp³-hybridized carbons (Fsp3) is 0.926. The predicted octanol–water partition coefficient (Wildman–Crippen LogP) is 19.2. The summed E-state index contributed by atoms with van der Waals surface area (Å²) in [6, 6.07) is -2.80. The van der Waals surface area contributed by atoms with E-state index in [0.717, 1.165) is 218 Å². The van der Waals surface area contributed by atoms with Crippen LogP contribution in [0.2, 0.25) is 0 Å². The summed E-state index contributed by atoms with van der Waals surface area (Å²) in [6.07, 6.45) is 40.4. The molecule has 1 saturated heterocycles. The number of hydrogen-bond acceptors (Lipinski definition) is 16. The number of rotatable bonds is 73. The summed E-state index contributed by atoms with van der Waals surface area (Å²) in [6.45, 7) is 10.9. The lowest BCUT2D eigenvalue weighted by molar-refractivity contribution is -0.272. The molecular weight excluding hydrogens is 1320 g/mol. The zero-order chi connectivity index (χ0) is 75.0. The van der Waals surface area contributed by atoms with Gasteiger partial charge in [0.1, 0.15) is 36.6 Å². The van der Waals surface area contributed by atoms with E-state index in [0.29, 0.717) is 51.4 Å². The van der Waals surface area contributed by atoms with Crippen LogP contribution in [0.5, 0.6) is 0 Å². The number of phosphoric acid groups is 1. The maximum Gasteiger partial charge on any atom is 0.470 e. The highest BCUT2D eigenvalue weighted by Crippen LogP contribution is 2.42. The molecule has 1 heterocycles. The van der Waals surface area contributed by atoms with Crippen LogP contribution >= 0.6 is 7.82 Å². The van der Waals surface area contributed by atoms with E-state index in [1.54, 1.807) is 0 Å². The van der Waals surface area contributed by atoms with Crippen LogP contribution in [0.3, 0.4) is 0 Å². The van der Waals surface area contributed by atoms with Gasteiger partial charge in [0.2, 0.25) is 11.8 Å². The average molecular weight is 1470 g/mol. The molecule has 0 aromatic heterocycles. The Morgan fingerprint density at radius 2 is 0.696 bits per heavy atom. The molecule has 0 radical (unpaired) electrons. The number of aliphatic hydroxyl groups is 2. The number of unbranched alkanes of at least 4 members (excludes halogenated alkanes) is 42. The van der Waals surface area contributed by atoms with Gasteiger partial charge >= 0.3 is 31.7 Å². The highest BCUT2D eigenvalue weighted by Gasteiger charge is 2.52. The Morgan fingerprint density at radius 1 is 0.392 bits per heavy atom. The highest BCUT2D eigenvalue weighted by molar-refractivity contribution is 7.46. The van der Waals surface area contributed by atoms with Gasteiger partial charge in [0.25, 0.3) is 0 Å². The normalized spacial score (nSPS) is 17.4. The summed E-state index contributed by atoms with van der Waals surface area (Å²) in [5.74, 6) is -3.52. The van der Waals surface area contributed by atoms with Crippen molar-refractivity contribution in [2.45, 2.75) is 463 Å². The fourth-order valence-electron chi connectivity index (χ4n) is 13.5. The number of aliphatic hydroxyl groups excluding tert-OH is 2. The van der Waals surface area contributed by atoms with Gasteiger partial charge in [0, 0.05) is 19.3 Å². The van der Waals surface area contributed by atoms with E-state index in [2.05, 4.69) is 52.2 Å². The first-order valence-electron chi connectivity index (χ1n) is 42.1. The molecule has 0 spiro atoms. The van der Waals surface area contributed by atoms with Crippen LogP contribution in [-0.2, 0) is 66.3 Å². The summed E-state index contributed by atoms with van der Waals surface area (Å²) < 4.78 is 55.3. The first kappa shape index (κ1) is 96.8. The Kier molecular flexibility index (Phi) is 63.7. The molecule has 1 aliphatic heterocycles. The lowest BCUT2D eigenvalue weighted by atomic mass is 9.95. The molecule has 0 aliphatic carbocycles. The molecule has 102 heavy (non-hydrogen) atoms. The van der Waals surface area contributed by atoms with E-state index in [9.17, 15) is 53.3 Å². The van der Waals surface area contributed by atoms with E-state index in [1.165, 1.54) is 57.8 Å². The largest absolute Gasteiger partial charge is 0.470 e. The third-order valence-corrected chi connectivity index (χ3v) is 20.2. The quantitative estimate of drug-likeness (QED) is 0.0143. The second kappa shape index (κ2) is 67.1. The maximum atomic E-state index is 14.8. The summed E-state index contributed by atoms with van der Waals surface area (Å²) in [4.78, 5) is 105. The average Bonchev–Trinajstić information content (AvgIpc) is 0.781. The van der Waals surface area contributed by atoms with Crippen molar-refractivity contribution in [3.8, 4) is 0 Å². The van der Waals surface area contributed by atoms with Crippen molar-refractivity contribution in [2.24, 2.45) is 0 Å². The monoisotopic (exact) mass is 1470 g/mol. The third-order valence-electron chi connectivity index (χ3n) is 19.7. The summed E-state index contributed by atoms with van der Waals surface area (Å²) in [7, 11) is -5.51. The standard InChI is InChI=1S/C81H153N2O18P/c1-7-13-19-25-31-34-40-43-49-55-68(96-74(88)58-52-46-37-28-22-16-10-4)61-72(86)82-67(64-84)66-95-81-78(83-73(87)62-69(56-50-44-41-35-32-26-20-14-8-2)97-75(89)59-53-47-38-29-23-17-11-5)80(79(71(65-85)99-81)101-102(92,93)94)100-77(91)63-70(57-51-45-42-36-33-27-21-15-9-3)98-76(90)60-54-48-39-30-24-18-12-6/h67-71,78-81,84-85H,7-66H2,1-6H3,(H,82,86)(H,83,87)(H2,92,93,94)/t67-,68+,69+,70+,71+,78+,79+,80+,81?/m0/s1. The van der Waals surface area contributed by atoms with Gasteiger partial charge in [-0.05, 0) is 57.8 Å². The summed E-state index contributed by atoms with van der Waals surface area (Å²) in [5, 5.41) is 27.5. The number of carbonyl (C=O) groups is 6. The van der Waals surface area contributed by atoms with Crippen LogP contribution in [0.4, 0.5) is 0 Å². The molecule has 1 aliphatic rings. The number of amides is 2.